The average molecular weight is 285 g/mol. The van der Waals surface area contributed by atoms with Gasteiger partial charge in [-0.05, 0) is 37.5 Å². The molecular formula is C13H14Cl2N2O. The molecule has 3 nitrogen and oxygen atoms in total. The number of nitrogens with one attached hydrogen (secondary N) is 1. The second-order valence-corrected chi connectivity index (χ2v) is 5.77. The first-order chi connectivity index (χ1) is 8.63. The molecule has 1 unspecified atom stereocenters. The lowest BCUT2D eigenvalue weighted by Gasteiger charge is -2.18. The molecule has 1 saturated heterocycles. The molecule has 1 heterocycles. The van der Waals surface area contributed by atoms with Crippen LogP contribution in [0.1, 0.15) is 19.3 Å². The van der Waals surface area contributed by atoms with E-state index < -0.39 is 0 Å². The van der Waals surface area contributed by atoms with E-state index in [9.17, 15) is 4.79 Å². The van der Waals surface area contributed by atoms with Crippen LogP contribution in [0.2, 0.25) is 10.0 Å². The van der Waals surface area contributed by atoms with Gasteiger partial charge >= 0.3 is 0 Å². The Balaban J connectivity index is 1.77. The third-order valence-electron chi connectivity index (χ3n) is 3.38. The molecule has 1 N–H and O–H groups in total. The normalized spacial score (nSPS) is 23.8. The van der Waals surface area contributed by atoms with Gasteiger partial charge in [-0.25, -0.2) is 0 Å². The fraction of sp³-hybridized carbons (Fsp3) is 0.462. The molecule has 1 amide bonds. The zero-order chi connectivity index (χ0) is 12.7. The van der Waals surface area contributed by atoms with Crippen LogP contribution in [0.5, 0.6) is 0 Å². The van der Waals surface area contributed by atoms with Crippen molar-refractivity contribution in [1.29, 1.82) is 0 Å². The molecule has 0 aromatic heterocycles. The van der Waals surface area contributed by atoms with Crippen molar-refractivity contribution >= 4 is 34.8 Å². The minimum Gasteiger partial charge on any atom is -0.311 e. The smallest absolute Gasteiger partial charge is 0.244 e. The van der Waals surface area contributed by atoms with Crippen LogP contribution < -0.4 is 10.2 Å². The zero-order valence-electron chi connectivity index (χ0n) is 9.83. The van der Waals surface area contributed by atoms with Crippen LogP contribution >= 0.6 is 23.2 Å². The van der Waals surface area contributed by atoms with Gasteiger partial charge in [0.15, 0.2) is 0 Å². The van der Waals surface area contributed by atoms with E-state index in [-0.39, 0.29) is 11.9 Å². The summed E-state index contributed by atoms with van der Waals surface area (Å²) in [6.07, 6.45) is 3.22. The van der Waals surface area contributed by atoms with Crippen molar-refractivity contribution in [3.8, 4) is 0 Å². The Morgan fingerprint density at radius 2 is 1.78 bits per heavy atom. The molecule has 18 heavy (non-hydrogen) atoms. The lowest BCUT2D eigenvalue weighted by molar-refractivity contribution is -0.118. The molecule has 1 atom stereocenters. The Hall–Kier alpha value is -0.770. The van der Waals surface area contributed by atoms with Gasteiger partial charge in [-0.15, -0.1) is 0 Å². The van der Waals surface area contributed by atoms with Crippen molar-refractivity contribution in [3.05, 3.63) is 28.2 Å². The van der Waals surface area contributed by atoms with Crippen LogP contribution in [0.25, 0.3) is 0 Å². The van der Waals surface area contributed by atoms with E-state index in [4.69, 9.17) is 23.2 Å². The molecular weight excluding hydrogens is 271 g/mol. The van der Waals surface area contributed by atoms with Crippen LogP contribution in [0, 0.1) is 0 Å². The largest absolute Gasteiger partial charge is 0.311 e. The lowest BCUT2D eigenvalue weighted by atomic mass is 10.2. The average Bonchev–Trinajstić information content (AvgIpc) is 3.03. The van der Waals surface area contributed by atoms with Crippen LogP contribution in [0.4, 0.5) is 5.69 Å². The van der Waals surface area contributed by atoms with Crippen molar-refractivity contribution in [2.75, 3.05) is 11.4 Å². The number of anilines is 1. The van der Waals surface area contributed by atoms with Crippen LogP contribution in [0.3, 0.4) is 0 Å². The third kappa shape index (κ3) is 2.48. The van der Waals surface area contributed by atoms with Crippen LogP contribution in [-0.4, -0.2) is 24.5 Å². The van der Waals surface area contributed by atoms with Gasteiger partial charge in [0.2, 0.25) is 5.91 Å². The van der Waals surface area contributed by atoms with Gasteiger partial charge in [-0.3, -0.25) is 4.79 Å². The van der Waals surface area contributed by atoms with E-state index in [0.717, 1.165) is 18.7 Å². The highest BCUT2D eigenvalue weighted by Gasteiger charge is 2.36. The Bertz CT molecular complexity index is 468. The monoisotopic (exact) mass is 284 g/mol. The second-order valence-electron chi connectivity index (χ2n) is 4.90. The molecule has 0 bridgehead atoms. The molecule has 1 aromatic carbocycles. The summed E-state index contributed by atoms with van der Waals surface area (Å²) in [7, 11) is 0. The quantitative estimate of drug-likeness (QED) is 0.926. The summed E-state index contributed by atoms with van der Waals surface area (Å²) in [5.41, 5.74) is 0.789. The van der Waals surface area contributed by atoms with Crippen LogP contribution in [0.15, 0.2) is 18.2 Å². The van der Waals surface area contributed by atoms with Gasteiger partial charge in [-0.1, -0.05) is 23.2 Å². The standard InChI is InChI=1S/C13H14Cl2N2O/c14-8-5-9(15)7-11(6-8)17-4-3-12(13(17)18)16-10-1-2-10/h5-7,10,12,16H,1-4H2. The molecule has 1 aliphatic heterocycles. The molecule has 1 aliphatic carbocycles. The fourth-order valence-electron chi connectivity index (χ4n) is 2.32. The van der Waals surface area contributed by atoms with Crippen molar-refractivity contribution in [1.82, 2.24) is 5.32 Å². The maximum absolute atomic E-state index is 12.3. The Labute approximate surface area is 116 Å². The summed E-state index contributed by atoms with van der Waals surface area (Å²) in [5.74, 6) is 0.125. The third-order valence-corrected chi connectivity index (χ3v) is 3.82. The second kappa shape index (κ2) is 4.72. The first kappa shape index (κ1) is 12.3. The van der Waals surface area contributed by atoms with E-state index in [1.54, 1.807) is 23.1 Å². The number of nitrogens with zero attached hydrogens (tertiary/aromatic N) is 1. The van der Waals surface area contributed by atoms with E-state index in [1.807, 2.05) is 0 Å². The molecule has 5 heteroatoms. The summed E-state index contributed by atoms with van der Waals surface area (Å²) in [6, 6.07) is 5.74. The van der Waals surface area contributed by atoms with Crippen molar-refractivity contribution < 1.29 is 4.79 Å². The van der Waals surface area contributed by atoms with Crippen molar-refractivity contribution in [3.63, 3.8) is 0 Å². The van der Waals surface area contributed by atoms with E-state index >= 15 is 0 Å². The zero-order valence-corrected chi connectivity index (χ0v) is 11.3. The molecule has 3 rings (SSSR count). The topological polar surface area (TPSA) is 32.3 Å². The molecule has 1 aromatic rings. The number of amides is 1. The van der Waals surface area contributed by atoms with E-state index in [0.29, 0.717) is 16.1 Å². The van der Waals surface area contributed by atoms with Gasteiger partial charge in [0.05, 0.1) is 6.04 Å². The predicted molar refractivity (Wildman–Crippen MR) is 73.4 cm³/mol. The maximum Gasteiger partial charge on any atom is 0.244 e. The summed E-state index contributed by atoms with van der Waals surface area (Å²) in [4.78, 5) is 14.0. The van der Waals surface area contributed by atoms with Crippen LogP contribution in [-0.2, 0) is 4.79 Å². The lowest BCUT2D eigenvalue weighted by Crippen LogP contribution is -2.39. The number of hydrogen-bond donors (Lipinski definition) is 1. The predicted octanol–water partition coefficient (Wildman–Crippen LogP) is 2.85. The van der Waals surface area contributed by atoms with Crippen molar-refractivity contribution in [2.45, 2.75) is 31.3 Å². The number of hydrogen-bond acceptors (Lipinski definition) is 2. The highest BCUT2D eigenvalue weighted by Crippen LogP contribution is 2.29. The minimum absolute atomic E-state index is 0.0461. The van der Waals surface area contributed by atoms with Gasteiger partial charge in [-0.2, -0.15) is 0 Å². The first-order valence-electron chi connectivity index (χ1n) is 6.17. The Kier molecular flexibility index (Phi) is 3.22. The molecule has 2 fully saturated rings. The SMILES string of the molecule is O=C1C(NC2CC2)CCN1c1cc(Cl)cc(Cl)c1. The Morgan fingerprint density at radius 1 is 1.11 bits per heavy atom. The highest BCUT2D eigenvalue weighted by molar-refractivity contribution is 6.35. The summed E-state index contributed by atoms with van der Waals surface area (Å²) in [6.45, 7) is 0.722. The van der Waals surface area contributed by atoms with Gasteiger partial charge in [0.1, 0.15) is 0 Å². The summed E-state index contributed by atoms with van der Waals surface area (Å²) < 4.78 is 0. The molecule has 0 spiro atoms. The number of rotatable bonds is 3. The van der Waals surface area contributed by atoms with Gasteiger partial charge < -0.3 is 10.2 Å². The molecule has 0 radical (unpaired) electrons. The van der Waals surface area contributed by atoms with Gasteiger partial charge in [0, 0.05) is 28.3 Å². The Morgan fingerprint density at radius 3 is 2.39 bits per heavy atom. The van der Waals surface area contributed by atoms with E-state index in [2.05, 4.69) is 5.32 Å². The summed E-state index contributed by atoms with van der Waals surface area (Å²) in [5, 5.41) is 4.49. The van der Waals surface area contributed by atoms with Gasteiger partial charge in [0.25, 0.3) is 0 Å². The molecule has 96 valence electrons. The molecule has 1 saturated carbocycles. The summed E-state index contributed by atoms with van der Waals surface area (Å²) >= 11 is 11.9. The number of halogens is 2. The highest BCUT2D eigenvalue weighted by atomic mass is 35.5. The maximum atomic E-state index is 12.3. The number of carbonyl (C=O) groups excluding carboxylic acids is 1. The fourth-order valence-corrected chi connectivity index (χ4v) is 2.84. The molecule has 2 aliphatic rings. The first-order valence-corrected chi connectivity index (χ1v) is 6.92. The van der Waals surface area contributed by atoms with Crippen molar-refractivity contribution in [2.24, 2.45) is 0 Å². The number of carbonyl (C=O) groups is 1. The van der Waals surface area contributed by atoms with E-state index in [1.165, 1.54) is 12.8 Å². The minimum atomic E-state index is -0.0461. The number of benzene rings is 1.